The Morgan fingerprint density at radius 1 is 2.00 bits per heavy atom. The summed E-state index contributed by atoms with van der Waals surface area (Å²) in [7, 11) is 0. The van der Waals surface area contributed by atoms with Crippen LogP contribution in [0.3, 0.4) is 0 Å². The second-order valence-electron chi connectivity index (χ2n) is 0.105. The molecule has 0 aromatic rings. The molecule has 30 valence electrons. The maximum atomic E-state index is 8.57. The van der Waals surface area contributed by atoms with Gasteiger partial charge in [0.25, 0.3) is 0 Å². The first-order valence-corrected chi connectivity index (χ1v) is 1.48. The third-order valence-corrected chi connectivity index (χ3v) is 0. The van der Waals surface area contributed by atoms with E-state index in [0.717, 1.165) is 0 Å². The van der Waals surface area contributed by atoms with E-state index < -0.39 is 15.5 Å². The average Bonchev–Trinajstić information content (AvgIpc) is 0.918. The van der Waals surface area contributed by atoms with Crippen molar-refractivity contribution in [3.05, 3.63) is 0 Å². The van der Waals surface area contributed by atoms with E-state index in [-0.39, 0.29) is 23.1 Å². The summed E-state index contributed by atoms with van der Waals surface area (Å²) in [5.74, 6) is 0. The maximum absolute atomic E-state index is 8.57. The van der Waals surface area contributed by atoms with E-state index in [1.165, 1.54) is 0 Å². The van der Waals surface area contributed by atoms with E-state index in [1.54, 1.807) is 0 Å². The van der Waals surface area contributed by atoms with Gasteiger partial charge in [0.2, 0.25) is 0 Å². The molecule has 0 aliphatic rings. The molecule has 1 N–H and O–H groups in total. The zero-order valence-corrected chi connectivity index (χ0v) is 2.59. The average molecular weight is 98.1 g/mol. The number of rotatable bonds is 0. The normalized spacial score (nSPS) is 2.00. The summed E-state index contributed by atoms with van der Waals surface area (Å²) in [4.78, 5) is 0. The van der Waals surface area contributed by atoms with Gasteiger partial charge in [-0.2, -0.15) is 0 Å². The fourth-order valence-corrected chi connectivity index (χ4v) is 0. The van der Waals surface area contributed by atoms with E-state index in [0.29, 0.717) is 0 Å². The summed E-state index contributed by atoms with van der Waals surface area (Å²) in [6.45, 7) is 0. The van der Waals surface area contributed by atoms with Crippen LogP contribution in [-0.4, -0.2) is 37.0 Å². The van der Waals surface area contributed by atoms with Crippen LogP contribution in [0, 0.1) is 0 Å². The van der Waals surface area contributed by atoms with E-state index in [1.807, 2.05) is 0 Å². The minimum absolute atomic E-state index is 0. The molecule has 0 aliphatic carbocycles. The van der Waals surface area contributed by atoms with Gasteiger partial charge in [-0.3, -0.25) is 0 Å². The molecule has 0 saturated heterocycles. The molecule has 0 rings (SSSR count). The van der Waals surface area contributed by atoms with Crippen LogP contribution < -0.4 is 0 Å². The van der Waals surface area contributed by atoms with Crippen LogP contribution in [-0.2, 0) is 3.80 Å². The van der Waals surface area contributed by atoms with E-state index >= 15 is 0 Å². The number of hydrogen-bond acceptors (Lipinski definition) is 1. The van der Waals surface area contributed by atoms with Gasteiger partial charge in [0.05, 0.1) is 0 Å². The summed E-state index contributed by atoms with van der Waals surface area (Å²) in [6, 6.07) is 0. The van der Waals surface area contributed by atoms with Gasteiger partial charge in [-0.05, 0) is 0 Å². The van der Waals surface area contributed by atoms with Gasteiger partial charge in [0.15, 0.2) is 17.4 Å². The van der Waals surface area contributed by atoms with Crippen LogP contribution in [0.5, 0.6) is 0 Å². The van der Waals surface area contributed by atoms with E-state index in [9.17, 15) is 0 Å². The molecule has 4 heavy (non-hydrogen) atoms. The molecule has 0 aliphatic heterocycles. The first-order valence-electron chi connectivity index (χ1n) is 0.494. The molecule has 0 unspecified atom stereocenters. The molecule has 0 fully saturated rings. The third-order valence-electron chi connectivity index (χ3n) is 0. The summed E-state index contributed by atoms with van der Waals surface area (Å²) in [6.07, 6.45) is 0. The molecule has 0 radical (unpaired) electrons. The molecule has 0 spiro atoms. The predicted molar refractivity (Wildman–Crippen MR) is 27.1 cm³/mol. The van der Waals surface area contributed by atoms with Crippen molar-refractivity contribution in [2.45, 2.75) is 0 Å². The van der Waals surface area contributed by atoms with Gasteiger partial charge in [-0.15, -0.1) is 0 Å². The van der Waals surface area contributed by atoms with Crippen LogP contribution >= 0.6 is 0 Å². The van der Waals surface area contributed by atoms with Crippen molar-refractivity contribution in [2.24, 2.45) is 0 Å². The van der Waals surface area contributed by atoms with E-state index in [4.69, 9.17) is 7.96 Å². The van der Waals surface area contributed by atoms with Crippen molar-refractivity contribution in [1.29, 1.82) is 0 Å². The molecule has 0 amide bonds. The number of hydrogen-bond donors (Lipinski definition) is 1. The van der Waals surface area contributed by atoms with Crippen molar-refractivity contribution < 1.29 is 13.7 Å². The summed E-state index contributed by atoms with van der Waals surface area (Å²) in [5.41, 5.74) is 0. The quantitative estimate of drug-likeness (QED) is 0.384. The second-order valence-corrected chi connectivity index (χ2v) is 0.316. The van der Waals surface area contributed by atoms with Crippen LogP contribution in [0.25, 0.3) is 0 Å². The molecule has 0 aromatic carbocycles. The Morgan fingerprint density at radius 2 is 2.00 bits per heavy atom. The first-order chi connectivity index (χ1) is 1.41. The Balaban J connectivity index is -0.00000000200. The molecule has 0 bridgehead atoms. The predicted octanol–water partition coefficient (Wildman–Crippen LogP) is -1.26. The fraction of sp³-hybridized carbons (Fsp3) is 0. The van der Waals surface area contributed by atoms with Crippen molar-refractivity contribution in [3.8, 4) is 0 Å². The van der Waals surface area contributed by atoms with Gasteiger partial charge in [-0.1, -0.05) is 0 Å². The summed E-state index contributed by atoms with van der Waals surface area (Å²) in [5, 5.41) is 0. The molecule has 0 heterocycles. The Morgan fingerprint density at radius 3 is 2.00 bits per heavy atom. The molecular weight excluding hydrogens is 86.0 g/mol. The Labute approximate surface area is 47.2 Å². The van der Waals surface area contributed by atoms with Crippen LogP contribution in [0.4, 0.5) is 0 Å². The summed E-state index contributed by atoms with van der Waals surface area (Å²) >= 11 is -1.50. The van der Waals surface area contributed by atoms with Gasteiger partial charge in [0.1, 0.15) is 0 Å². The SMILES string of the molecule is [AlH3].[HH].[HH].[HH].[HH].[O]=[Al][OH]. The Kier molecular flexibility index (Phi) is 20.7. The van der Waals surface area contributed by atoms with Gasteiger partial charge < -0.3 is 0 Å². The van der Waals surface area contributed by atoms with Crippen molar-refractivity contribution in [1.82, 2.24) is 0 Å². The second kappa shape index (κ2) is 9.39. The molecule has 0 atom stereocenters. The van der Waals surface area contributed by atoms with Crippen LogP contribution in [0.2, 0.25) is 0 Å². The molecule has 0 aromatic heterocycles. The molecule has 0 saturated carbocycles. The standard InChI is InChI=1S/2Al.H2O.O.4H2.3H/h;;1H2;;4*1H;;;/q;+1;;;;;;;;;/p-1. The first kappa shape index (κ1) is 8.82. The topological polar surface area (TPSA) is 37.3 Å². The monoisotopic (exact) mass is 98.0 g/mol. The fourth-order valence-electron chi connectivity index (χ4n) is 0. The van der Waals surface area contributed by atoms with E-state index in [2.05, 4.69) is 0 Å². The Hall–Kier alpha value is 0.665. The molecular formula is H12Al2O2. The zero-order valence-electron chi connectivity index (χ0n) is 1.43. The van der Waals surface area contributed by atoms with Crippen LogP contribution in [0.15, 0.2) is 0 Å². The van der Waals surface area contributed by atoms with Gasteiger partial charge in [-0.25, -0.2) is 0 Å². The van der Waals surface area contributed by atoms with Gasteiger partial charge in [0, 0.05) is 5.71 Å². The van der Waals surface area contributed by atoms with Crippen LogP contribution in [0.1, 0.15) is 5.71 Å². The Bertz CT molecular complexity index is 19.5. The molecule has 4 heteroatoms. The zero-order chi connectivity index (χ0) is 2.71. The van der Waals surface area contributed by atoms with Crippen molar-refractivity contribution in [3.63, 3.8) is 0 Å². The molecule has 2 nitrogen and oxygen atoms in total. The van der Waals surface area contributed by atoms with Gasteiger partial charge >= 0.3 is 23.4 Å². The summed E-state index contributed by atoms with van der Waals surface area (Å²) < 4.78 is 15.7. The minimum atomic E-state index is -1.50. The van der Waals surface area contributed by atoms with Crippen molar-refractivity contribution >= 4 is 32.8 Å². The van der Waals surface area contributed by atoms with Crippen molar-refractivity contribution in [2.75, 3.05) is 0 Å². The third kappa shape index (κ3) is 16.7.